The van der Waals surface area contributed by atoms with Gasteiger partial charge in [-0.15, -0.1) is 12.4 Å². The molecule has 3 aromatic carbocycles. The molecule has 0 bridgehead atoms. The minimum absolute atomic E-state index is 0. The maximum Gasteiger partial charge on any atom is 0.336 e. The standard InChI is InChI=1S/C32H36N4O5.ClH/c1-4-34(5-2)20-7-21-40-26-18-12-25(13-19-26)36-31(38)29(35(6-3)32(36)39)22-23-8-14-27(15-9-23)41-28-16-10-24(11-17-28)30(33)37;/h8-19,22H,4-7,20-21H2,1-3H3,(H2,33,37);1H. The largest absolute Gasteiger partial charge is 0.494 e. The van der Waals surface area contributed by atoms with Gasteiger partial charge in [0, 0.05) is 18.7 Å². The molecule has 3 aromatic rings. The van der Waals surface area contributed by atoms with Crippen molar-refractivity contribution in [1.29, 1.82) is 0 Å². The summed E-state index contributed by atoms with van der Waals surface area (Å²) in [4.78, 5) is 42.8. The van der Waals surface area contributed by atoms with Crippen LogP contribution in [0.1, 0.15) is 43.1 Å². The molecule has 0 radical (unpaired) electrons. The number of benzene rings is 3. The van der Waals surface area contributed by atoms with Crippen LogP contribution in [0.5, 0.6) is 17.2 Å². The molecule has 1 fully saturated rings. The molecule has 10 heteroatoms. The van der Waals surface area contributed by atoms with E-state index in [1.165, 1.54) is 9.80 Å². The summed E-state index contributed by atoms with van der Waals surface area (Å²) in [6, 6.07) is 20.3. The Hall–Kier alpha value is -4.34. The molecule has 1 aliphatic heterocycles. The number of urea groups is 1. The zero-order chi connectivity index (χ0) is 29.4. The number of likely N-dealkylation sites (N-methyl/N-ethyl adjacent to an activating group) is 1. The Morgan fingerprint density at radius 1 is 0.857 bits per heavy atom. The third kappa shape index (κ3) is 7.69. The van der Waals surface area contributed by atoms with Crippen LogP contribution >= 0.6 is 12.4 Å². The summed E-state index contributed by atoms with van der Waals surface area (Å²) in [5, 5.41) is 0. The van der Waals surface area contributed by atoms with Gasteiger partial charge in [0.1, 0.15) is 22.9 Å². The van der Waals surface area contributed by atoms with Gasteiger partial charge in [-0.2, -0.15) is 0 Å². The smallest absolute Gasteiger partial charge is 0.336 e. The van der Waals surface area contributed by atoms with Crippen LogP contribution in [0.2, 0.25) is 0 Å². The Labute approximate surface area is 252 Å². The molecule has 1 heterocycles. The van der Waals surface area contributed by atoms with Crippen molar-refractivity contribution in [2.24, 2.45) is 5.73 Å². The van der Waals surface area contributed by atoms with E-state index in [9.17, 15) is 14.4 Å². The maximum absolute atomic E-state index is 13.4. The van der Waals surface area contributed by atoms with Crippen molar-refractivity contribution < 1.29 is 23.9 Å². The van der Waals surface area contributed by atoms with E-state index in [-0.39, 0.29) is 18.3 Å². The molecule has 1 aliphatic rings. The fourth-order valence-corrected chi connectivity index (χ4v) is 4.54. The number of rotatable bonds is 13. The zero-order valence-corrected chi connectivity index (χ0v) is 24.9. The minimum atomic E-state index is -0.503. The van der Waals surface area contributed by atoms with E-state index in [1.54, 1.807) is 78.9 Å². The van der Waals surface area contributed by atoms with E-state index in [0.29, 0.717) is 47.3 Å². The van der Waals surface area contributed by atoms with Crippen molar-refractivity contribution in [3.8, 4) is 17.2 Å². The molecule has 0 spiro atoms. The highest BCUT2D eigenvalue weighted by Crippen LogP contribution is 2.30. The predicted molar refractivity (Wildman–Crippen MR) is 166 cm³/mol. The van der Waals surface area contributed by atoms with Crippen molar-refractivity contribution in [2.45, 2.75) is 27.2 Å². The monoisotopic (exact) mass is 592 g/mol. The van der Waals surface area contributed by atoms with Gasteiger partial charge in [-0.25, -0.2) is 9.69 Å². The number of hydrogen-bond acceptors (Lipinski definition) is 6. The molecule has 0 aliphatic carbocycles. The Balaban J connectivity index is 0.00000484. The minimum Gasteiger partial charge on any atom is -0.494 e. The lowest BCUT2D eigenvalue weighted by atomic mass is 10.1. The van der Waals surface area contributed by atoms with E-state index in [4.69, 9.17) is 15.2 Å². The number of hydrogen-bond donors (Lipinski definition) is 1. The van der Waals surface area contributed by atoms with Crippen molar-refractivity contribution in [3.63, 3.8) is 0 Å². The summed E-state index contributed by atoms with van der Waals surface area (Å²) in [6.07, 6.45) is 2.62. The molecule has 222 valence electrons. The van der Waals surface area contributed by atoms with Crippen LogP contribution in [0.3, 0.4) is 0 Å². The number of ether oxygens (including phenoxy) is 2. The van der Waals surface area contributed by atoms with Crippen LogP contribution < -0.4 is 20.1 Å². The normalized spacial score (nSPS) is 14.0. The molecule has 0 saturated carbocycles. The first-order valence-electron chi connectivity index (χ1n) is 13.8. The summed E-state index contributed by atoms with van der Waals surface area (Å²) in [5.74, 6) is 0.941. The number of carbonyl (C=O) groups is 3. The van der Waals surface area contributed by atoms with Crippen LogP contribution in [0, 0.1) is 0 Å². The number of amides is 4. The Kier molecular flexibility index (Phi) is 11.5. The van der Waals surface area contributed by atoms with E-state index < -0.39 is 11.9 Å². The molecular formula is C32H37ClN4O5. The molecule has 42 heavy (non-hydrogen) atoms. The molecular weight excluding hydrogens is 556 g/mol. The highest BCUT2D eigenvalue weighted by Gasteiger charge is 2.41. The van der Waals surface area contributed by atoms with Gasteiger partial charge in [0.05, 0.1) is 12.3 Å². The summed E-state index contributed by atoms with van der Waals surface area (Å²) in [7, 11) is 0. The van der Waals surface area contributed by atoms with E-state index in [1.807, 2.05) is 6.92 Å². The number of halogens is 1. The Morgan fingerprint density at radius 2 is 1.43 bits per heavy atom. The second kappa shape index (κ2) is 15.0. The van der Waals surface area contributed by atoms with Crippen LogP contribution in [0.15, 0.2) is 78.5 Å². The average molecular weight is 593 g/mol. The SMILES string of the molecule is CCN(CC)CCCOc1ccc(N2C(=O)C(=Cc3ccc(Oc4ccc(C(N)=O)cc4)cc3)N(CC)C2=O)cc1.Cl. The lowest BCUT2D eigenvalue weighted by molar-refractivity contribution is -0.114. The van der Waals surface area contributed by atoms with Gasteiger partial charge in [0.25, 0.3) is 5.91 Å². The van der Waals surface area contributed by atoms with Crippen molar-refractivity contribution in [3.05, 3.63) is 89.6 Å². The first-order valence-corrected chi connectivity index (χ1v) is 13.8. The highest BCUT2D eigenvalue weighted by atomic mass is 35.5. The second-order valence-electron chi connectivity index (χ2n) is 9.48. The van der Waals surface area contributed by atoms with E-state index in [0.717, 1.165) is 31.6 Å². The number of anilines is 1. The van der Waals surface area contributed by atoms with Gasteiger partial charge in [-0.1, -0.05) is 26.0 Å². The number of primary amides is 1. The van der Waals surface area contributed by atoms with Gasteiger partial charge in [-0.3, -0.25) is 14.5 Å². The highest BCUT2D eigenvalue weighted by molar-refractivity contribution is 6.28. The fraction of sp³-hybridized carbons (Fsp3) is 0.281. The second-order valence-corrected chi connectivity index (χ2v) is 9.48. The van der Waals surface area contributed by atoms with Gasteiger partial charge < -0.3 is 20.1 Å². The van der Waals surface area contributed by atoms with Crippen LogP contribution in [0.25, 0.3) is 6.08 Å². The molecule has 0 atom stereocenters. The molecule has 9 nitrogen and oxygen atoms in total. The van der Waals surface area contributed by atoms with Crippen LogP contribution in [-0.2, 0) is 4.79 Å². The van der Waals surface area contributed by atoms with Gasteiger partial charge in [0.2, 0.25) is 5.91 Å². The quantitative estimate of drug-likeness (QED) is 0.150. The van der Waals surface area contributed by atoms with Crippen molar-refractivity contribution in [2.75, 3.05) is 37.7 Å². The topological polar surface area (TPSA) is 105 Å². The summed E-state index contributed by atoms with van der Waals surface area (Å²) < 4.78 is 11.7. The summed E-state index contributed by atoms with van der Waals surface area (Å²) >= 11 is 0. The first-order chi connectivity index (χ1) is 19.8. The molecule has 4 rings (SSSR count). The fourth-order valence-electron chi connectivity index (χ4n) is 4.54. The number of carbonyl (C=O) groups excluding carboxylic acids is 3. The lowest BCUT2D eigenvalue weighted by Crippen LogP contribution is -2.32. The van der Waals surface area contributed by atoms with Gasteiger partial charge >= 0.3 is 6.03 Å². The third-order valence-electron chi connectivity index (χ3n) is 6.89. The van der Waals surface area contributed by atoms with Crippen LogP contribution in [-0.4, -0.2) is 60.4 Å². The van der Waals surface area contributed by atoms with Crippen LogP contribution in [0.4, 0.5) is 10.5 Å². The maximum atomic E-state index is 13.4. The molecule has 1 saturated heterocycles. The molecule has 2 N–H and O–H groups in total. The average Bonchev–Trinajstić information content (AvgIpc) is 3.22. The third-order valence-corrected chi connectivity index (χ3v) is 6.89. The predicted octanol–water partition coefficient (Wildman–Crippen LogP) is 5.94. The lowest BCUT2D eigenvalue weighted by Gasteiger charge is -2.18. The first kappa shape index (κ1) is 32.2. The zero-order valence-electron chi connectivity index (χ0n) is 24.1. The van der Waals surface area contributed by atoms with E-state index >= 15 is 0 Å². The van der Waals surface area contributed by atoms with E-state index in [2.05, 4.69) is 18.7 Å². The number of nitrogens with zero attached hydrogens (tertiary/aromatic N) is 3. The molecule has 4 amide bonds. The van der Waals surface area contributed by atoms with Crippen molar-refractivity contribution >= 4 is 42.0 Å². The summed E-state index contributed by atoms with van der Waals surface area (Å²) in [6.45, 7) is 10.1. The summed E-state index contributed by atoms with van der Waals surface area (Å²) in [5.41, 5.74) is 7.20. The Morgan fingerprint density at radius 3 is 1.98 bits per heavy atom. The van der Waals surface area contributed by atoms with Crippen molar-refractivity contribution in [1.82, 2.24) is 9.80 Å². The van der Waals surface area contributed by atoms with Gasteiger partial charge in [0.15, 0.2) is 0 Å². The number of imide groups is 1. The Bertz CT molecular complexity index is 1390. The van der Waals surface area contributed by atoms with Gasteiger partial charge in [-0.05, 0) is 98.7 Å². The number of nitrogens with two attached hydrogens (primary N) is 1. The molecule has 0 aromatic heterocycles. The molecule has 0 unspecified atom stereocenters.